The van der Waals surface area contributed by atoms with Crippen LogP contribution in [0.25, 0.3) is 0 Å². The zero-order valence-corrected chi connectivity index (χ0v) is 37.4. The number of carbonyl (C=O) groups is 1. The van der Waals surface area contributed by atoms with Crippen molar-refractivity contribution in [3.8, 4) is 0 Å². The van der Waals surface area contributed by atoms with E-state index in [-0.39, 0.29) is 43.1 Å². The van der Waals surface area contributed by atoms with Gasteiger partial charge in [0.05, 0.1) is 66.9 Å². The molecular formula is C44H76N2O12. The molecule has 0 spiro atoms. The average Bonchev–Trinajstić information content (AvgIpc) is 3.19. The van der Waals surface area contributed by atoms with Gasteiger partial charge in [-0.05, 0) is 86.0 Å². The molecule has 1 aromatic rings. The van der Waals surface area contributed by atoms with E-state index >= 15 is 0 Å². The molecule has 58 heavy (non-hydrogen) atoms. The fourth-order valence-electron chi connectivity index (χ4n) is 9.24. The zero-order chi connectivity index (χ0) is 43.1. The van der Waals surface area contributed by atoms with Crippen molar-refractivity contribution in [2.75, 3.05) is 55.1 Å². The van der Waals surface area contributed by atoms with Crippen LogP contribution in [0.2, 0.25) is 0 Å². The summed E-state index contributed by atoms with van der Waals surface area (Å²) in [4.78, 5) is 18.4. The van der Waals surface area contributed by atoms with Crippen LogP contribution < -0.4 is 0 Å². The van der Waals surface area contributed by atoms with Gasteiger partial charge in [-0.25, -0.2) is 0 Å². The van der Waals surface area contributed by atoms with Crippen LogP contribution in [0.3, 0.4) is 0 Å². The second kappa shape index (κ2) is 21.3. The highest BCUT2D eigenvalue weighted by Crippen LogP contribution is 2.41. The quantitative estimate of drug-likeness (QED) is 0.277. The molecule has 17 atom stereocenters. The zero-order valence-electron chi connectivity index (χ0n) is 37.4. The maximum Gasteiger partial charge on any atom is 0.311 e. The predicted octanol–water partition coefficient (Wildman–Crippen LogP) is 3.86. The summed E-state index contributed by atoms with van der Waals surface area (Å²) >= 11 is 0. The molecule has 0 bridgehead atoms. The summed E-state index contributed by atoms with van der Waals surface area (Å²) in [5.74, 6) is -2.39. The van der Waals surface area contributed by atoms with Crippen LogP contribution in [-0.2, 0) is 49.3 Å². The topological polar surface area (TPSA) is 158 Å². The largest absolute Gasteiger partial charge is 0.464 e. The third-order valence-electron chi connectivity index (χ3n) is 13.2. The molecule has 3 fully saturated rings. The van der Waals surface area contributed by atoms with E-state index in [0.29, 0.717) is 32.6 Å². The van der Waals surface area contributed by atoms with Crippen LogP contribution in [0.4, 0.5) is 0 Å². The predicted molar refractivity (Wildman–Crippen MR) is 219 cm³/mol. The van der Waals surface area contributed by atoms with Gasteiger partial charge in [-0.2, -0.15) is 0 Å². The molecule has 3 aliphatic rings. The number of rotatable bonds is 11. The number of ether oxygens (including phenoxy) is 8. The molecule has 0 aliphatic carbocycles. The van der Waals surface area contributed by atoms with Gasteiger partial charge in [0.15, 0.2) is 12.6 Å². The minimum Gasteiger partial charge on any atom is -0.464 e. The second-order valence-electron chi connectivity index (χ2n) is 18.2. The van der Waals surface area contributed by atoms with E-state index in [2.05, 4.69) is 4.90 Å². The lowest BCUT2D eigenvalue weighted by molar-refractivity contribution is -0.319. The molecular weight excluding hydrogens is 748 g/mol. The maximum absolute atomic E-state index is 14.4. The Morgan fingerprint density at radius 3 is 2.16 bits per heavy atom. The Morgan fingerprint density at radius 2 is 1.53 bits per heavy atom. The van der Waals surface area contributed by atoms with Gasteiger partial charge in [-0.1, -0.05) is 51.1 Å². The molecule has 3 saturated heterocycles. The number of aliphatic hydroxyl groups is 3. The molecule has 4 rings (SSSR count). The van der Waals surface area contributed by atoms with Crippen molar-refractivity contribution in [3.63, 3.8) is 0 Å². The Kier molecular flexibility index (Phi) is 18.0. The van der Waals surface area contributed by atoms with E-state index in [1.807, 2.05) is 97.9 Å². The third kappa shape index (κ3) is 12.0. The lowest BCUT2D eigenvalue weighted by Crippen LogP contribution is -2.61. The van der Waals surface area contributed by atoms with E-state index in [1.54, 1.807) is 28.1 Å². The molecule has 0 amide bonds. The number of hydrogen-bond donors (Lipinski definition) is 3. The Bertz CT molecular complexity index is 1390. The van der Waals surface area contributed by atoms with Crippen molar-refractivity contribution in [1.29, 1.82) is 0 Å². The Hall–Kier alpha value is -1.79. The lowest BCUT2D eigenvalue weighted by Gasteiger charge is -2.49. The van der Waals surface area contributed by atoms with Crippen LogP contribution in [0.5, 0.6) is 0 Å². The van der Waals surface area contributed by atoms with E-state index < -0.39 is 78.2 Å². The van der Waals surface area contributed by atoms with E-state index in [9.17, 15) is 20.1 Å². The Balaban J connectivity index is 1.76. The van der Waals surface area contributed by atoms with Crippen molar-refractivity contribution in [2.45, 2.75) is 160 Å². The summed E-state index contributed by atoms with van der Waals surface area (Å²) < 4.78 is 50.9. The minimum atomic E-state index is -1.08. The molecule has 14 heteroatoms. The SMILES string of the molecule is CO[C@]1(C)C[C@H](O[C@H]2[C@H](C)[C@@H](O[C@@H]3O[C@H](C)C[C@H](N(C)C)[C@H]3O)[C@@](C)(OC)C[C@@H](C)[C@H](O)[C@H](C)CN(C)[C@@H](COCc3ccccc3)COC(=O)[C@@H]2C)O[C@@H](C)[C@@H]1O. The second-order valence-corrected chi connectivity index (χ2v) is 18.2. The molecule has 3 N–H and O–H groups in total. The van der Waals surface area contributed by atoms with Crippen molar-refractivity contribution >= 4 is 5.97 Å². The van der Waals surface area contributed by atoms with Gasteiger partial charge in [-0.3, -0.25) is 9.69 Å². The van der Waals surface area contributed by atoms with Gasteiger partial charge in [0.1, 0.15) is 18.8 Å². The first-order chi connectivity index (χ1) is 27.2. The van der Waals surface area contributed by atoms with E-state index in [1.165, 1.54) is 0 Å². The van der Waals surface area contributed by atoms with Crippen LogP contribution in [-0.4, -0.2) is 165 Å². The van der Waals surface area contributed by atoms with Gasteiger partial charge in [0, 0.05) is 39.1 Å². The normalized spacial score (nSPS) is 43.1. The summed E-state index contributed by atoms with van der Waals surface area (Å²) in [6.07, 6.45) is -5.97. The van der Waals surface area contributed by atoms with Crippen molar-refractivity contribution in [1.82, 2.24) is 9.80 Å². The molecule has 3 heterocycles. The summed E-state index contributed by atoms with van der Waals surface area (Å²) in [5.41, 5.74) is -1.03. The highest BCUT2D eigenvalue weighted by molar-refractivity contribution is 5.72. The Morgan fingerprint density at radius 1 is 0.879 bits per heavy atom. The lowest BCUT2D eigenvalue weighted by atomic mass is 9.75. The molecule has 14 nitrogen and oxygen atoms in total. The van der Waals surface area contributed by atoms with Crippen LogP contribution in [0, 0.1) is 23.7 Å². The number of carbonyl (C=O) groups excluding carboxylic acids is 1. The van der Waals surface area contributed by atoms with Gasteiger partial charge in [0.2, 0.25) is 0 Å². The van der Waals surface area contributed by atoms with Gasteiger partial charge >= 0.3 is 5.97 Å². The number of likely N-dealkylation sites (N-methyl/N-ethyl adjacent to an activating group) is 2. The molecule has 0 aromatic heterocycles. The number of nitrogens with zero attached hydrogens (tertiary/aromatic N) is 2. The van der Waals surface area contributed by atoms with Crippen LogP contribution >= 0.6 is 0 Å². The minimum absolute atomic E-state index is 0.0421. The number of benzene rings is 1. The van der Waals surface area contributed by atoms with Crippen LogP contribution in [0.15, 0.2) is 30.3 Å². The molecule has 0 unspecified atom stereocenters. The first kappa shape index (κ1) is 48.9. The van der Waals surface area contributed by atoms with Gasteiger partial charge < -0.3 is 58.1 Å². The fraction of sp³-hybridized carbons (Fsp3) is 0.841. The standard InChI is InChI=1S/C44H76N2O12/c1-26-20-44(8,52-13)40(58-42-37(48)34(45(9)10)19-28(3)55-42)29(4)38(57-35-21-43(7,51-12)39(49)31(6)56-35)30(5)41(50)54-25-33(46(11)22-27(2)36(26)47)24-53-23-32-17-15-14-16-18-32/h14-18,26-31,33-40,42,47-49H,19-25H2,1-13H3/t26-,27-,28-,29+,30-,31+,33+,34+,35+,36+,37-,38+,39+,40-,42+,43-,44+/m1/s1. The summed E-state index contributed by atoms with van der Waals surface area (Å²) in [6.45, 7) is 16.4. The van der Waals surface area contributed by atoms with Crippen molar-refractivity contribution in [2.24, 2.45) is 23.7 Å². The third-order valence-corrected chi connectivity index (χ3v) is 13.2. The van der Waals surface area contributed by atoms with E-state index in [4.69, 9.17) is 37.9 Å². The summed E-state index contributed by atoms with van der Waals surface area (Å²) in [5, 5.41) is 34.6. The number of methoxy groups -OCH3 is 2. The molecule has 0 radical (unpaired) electrons. The number of aliphatic hydroxyl groups excluding tert-OH is 3. The van der Waals surface area contributed by atoms with Gasteiger partial charge in [0.25, 0.3) is 0 Å². The monoisotopic (exact) mass is 825 g/mol. The highest BCUT2D eigenvalue weighted by Gasteiger charge is 2.52. The fourth-order valence-corrected chi connectivity index (χ4v) is 9.24. The molecule has 1 aromatic carbocycles. The molecule has 334 valence electrons. The molecule has 0 saturated carbocycles. The maximum atomic E-state index is 14.4. The van der Waals surface area contributed by atoms with E-state index in [0.717, 1.165) is 5.56 Å². The van der Waals surface area contributed by atoms with Crippen LogP contribution in [0.1, 0.15) is 80.2 Å². The van der Waals surface area contributed by atoms with Gasteiger partial charge in [-0.15, -0.1) is 0 Å². The smallest absolute Gasteiger partial charge is 0.311 e. The number of hydrogen-bond acceptors (Lipinski definition) is 14. The number of cyclic esters (lactones) is 1. The number of esters is 1. The van der Waals surface area contributed by atoms with Crippen molar-refractivity contribution in [3.05, 3.63) is 35.9 Å². The Labute approximate surface area is 347 Å². The first-order valence-electron chi connectivity index (χ1n) is 21.2. The summed E-state index contributed by atoms with van der Waals surface area (Å²) in [6, 6.07) is 9.35. The van der Waals surface area contributed by atoms with Crippen molar-refractivity contribution < 1.29 is 58.0 Å². The highest BCUT2D eigenvalue weighted by atomic mass is 16.7. The molecule has 3 aliphatic heterocycles. The average molecular weight is 825 g/mol. The summed E-state index contributed by atoms with van der Waals surface area (Å²) in [7, 11) is 8.95. The first-order valence-corrected chi connectivity index (χ1v) is 21.2.